The Balaban J connectivity index is 0.000000231. The minimum absolute atomic E-state index is 0.498. The summed E-state index contributed by atoms with van der Waals surface area (Å²) in [5.74, 6) is 2.71. The maximum absolute atomic E-state index is 10.4. The third-order valence-corrected chi connectivity index (χ3v) is 5.76. The molecule has 2 bridgehead atoms. The topological polar surface area (TPSA) is 46.5 Å². The van der Waals surface area contributed by atoms with Crippen LogP contribution < -0.4 is 4.74 Å². The standard InChI is InChI=1S/C16H13BrO3.C8H12/c17-14-6-1-13(2-7-14)11-20-15-8-3-12(4-9-15)5-10-16(18)19;1-6-4-7-2-3-8(6)5-7/h1-10H,11H2,(H,18,19);2-3,6-8H,4-5H2,1H3. The molecule has 0 radical (unpaired) electrons. The molecule has 1 fully saturated rings. The van der Waals surface area contributed by atoms with Crippen LogP contribution in [-0.4, -0.2) is 11.1 Å². The van der Waals surface area contributed by atoms with Gasteiger partial charge in [0.25, 0.3) is 0 Å². The second-order valence-electron chi connectivity index (χ2n) is 7.41. The third-order valence-electron chi connectivity index (χ3n) is 5.23. The molecular formula is C24H25BrO3. The third kappa shape index (κ3) is 6.10. The summed E-state index contributed by atoms with van der Waals surface area (Å²) < 4.78 is 6.69. The maximum Gasteiger partial charge on any atom is 0.328 e. The molecule has 0 aliphatic heterocycles. The molecule has 1 N–H and O–H groups in total. The summed E-state index contributed by atoms with van der Waals surface area (Å²) in [7, 11) is 0. The monoisotopic (exact) mass is 440 g/mol. The van der Waals surface area contributed by atoms with Gasteiger partial charge in [0.1, 0.15) is 12.4 Å². The van der Waals surface area contributed by atoms with Gasteiger partial charge in [-0.05, 0) is 72.1 Å². The van der Waals surface area contributed by atoms with Crippen LogP contribution in [0.3, 0.4) is 0 Å². The number of halogens is 1. The van der Waals surface area contributed by atoms with Gasteiger partial charge in [0.2, 0.25) is 0 Å². The number of fused-ring (bicyclic) bond motifs is 2. The van der Waals surface area contributed by atoms with Crippen molar-refractivity contribution in [3.05, 3.63) is 82.4 Å². The largest absolute Gasteiger partial charge is 0.489 e. The summed E-state index contributed by atoms with van der Waals surface area (Å²) in [4.78, 5) is 10.4. The molecule has 0 saturated heterocycles. The van der Waals surface area contributed by atoms with Crippen molar-refractivity contribution < 1.29 is 14.6 Å². The van der Waals surface area contributed by atoms with Crippen LogP contribution in [0.4, 0.5) is 0 Å². The van der Waals surface area contributed by atoms with Crippen LogP contribution >= 0.6 is 15.9 Å². The van der Waals surface area contributed by atoms with Gasteiger partial charge in [-0.1, -0.05) is 59.3 Å². The number of carbonyl (C=O) groups is 1. The van der Waals surface area contributed by atoms with E-state index in [1.807, 2.05) is 48.5 Å². The van der Waals surface area contributed by atoms with Crippen molar-refractivity contribution in [2.75, 3.05) is 0 Å². The molecule has 0 heterocycles. The molecule has 1 saturated carbocycles. The first kappa shape index (κ1) is 20.4. The maximum atomic E-state index is 10.4. The van der Waals surface area contributed by atoms with Crippen molar-refractivity contribution in [2.45, 2.75) is 26.4 Å². The van der Waals surface area contributed by atoms with Crippen molar-refractivity contribution in [3.63, 3.8) is 0 Å². The number of hydrogen-bond acceptors (Lipinski definition) is 2. The van der Waals surface area contributed by atoms with Crippen LogP contribution in [0.25, 0.3) is 6.08 Å². The Hall–Kier alpha value is -2.33. The van der Waals surface area contributed by atoms with Crippen molar-refractivity contribution >= 4 is 28.0 Å². The Bertz CT molecular complexity index is 837. The lowest BCUT2D eigenvalue weighted by Gasteiger charge is -2.09. The number of aliphatic carboxylic acids is 1. The minimum Gasteiger partial charge on any atom is -0.489 e. The first-order valence-electron chi connectivity index (χ1n) is 9.56. The average molecular weight is 441 g/mol. The Labute approximate surface area is 174 Å². The summed E-state index contributed by atoms with van der Waals surface area (Å²) in [6.07, 6.45) is 10.4. The van der Waals surface area contributed by atoms with E-state index in [1.54, 1.807) is 6.08 Å². The fraction of sp³-hybridized carbons (Fsp3) is 0.292. The molecule has 4 rings (SSSR count). The Morgan fingerprint density at radius 1 is 1.11 bits per heavy atom. The zero-order valence-electron chi connectivity index (χ0n) is 15.9. The normalized spacial score (nSPS) is 22.1. The van der Waals surface area contributed by atoms with E-state index in [0.717, 1.165) is 45.2 Å². The predicted molar refractivity (Wildman–Crippen MR) is 116 cm³/mol. The van der Waals surface area contributed by atoms with Crippen LogP contribution in [0.2, 0.25) is 0 Å². The number of hydrogen-bond donors (Lipinski definition) is 1. The molecule has 3 unspecified atom stereocenters. The van der Waals surface area contributed by atoms with Gasteiger partial charge in [-0.3, -0.25) is 0 Å². The van der Waals surface area contributed by atoms with Crippen LogP contribution in [0.15, 0.2) is 71.2 Å². The molecule has 0 aromatic heterocycles. The van der Waals surface area contributed by atoms with Crippen molar-refractivity contribution in [1.29, 1.82) is 0 Å². The van der Waals surface area contributed by atoms with Gasteiger partial charge in [0.15, 0.2) is 0 Å². The van der Waals surface area contributed by atoms with E-state index in [1.165, 1.54) is 12.8 Å². The molecule has 2 aromatic carbocycles. The highest BCUT2D eigenvalue weighted by atomic mass is 79.9. The van der Waals surface area contributed by atoms with E-state index in [2.05, 4.69) is 35.0 Å². The van der Waals surface area contributed by atoms with Crippen LogP contribution in [0.1, 0.15) is 30.9 Å². The van der Waals surface area contributed by atoms with Crippen molar-refractivity contribution in [1.82, 2.24) is 0 Å². The lowest BCUT2D eigenvalue weighted by molar-refractivity contribution is -0.131. The number of allylic oxidation sites excluding steroid dienone is 2. The highest BCUT2D eigenvalue weighted by Crippen LogP contribution is 2.42. The molecule has 146 valence electrons. The highest BCUT2D eigenvalue weighted by Gasteiger charge is 2.32. The van der Waals surface area contributed by atoms with E-state index >= 15 is 0 Å². The smallest absolute Gasteiger partial charge is 0.328 e. The van der Waals surface area contributed by atoms with E-state index in [0.29, 0.717) is 6.61 Å². The zero-order valence-corrected chi connectivity index (χ0v) is 17.5. The number of benzene rings is 2. The first-order valence-corrected chi connectivity index (χ1v) is 10.4. The van der Waals surface area contributed by atoms with Crippen molar-refractivity contribution in [3.8, 4) is 5.75 Å². The van der Waals surface area contributed by atoms with E-state index in [-0.39, 0.29) is 0 Å². The molecular weight excluding hydrogens is 416 g/mol. The van der Waals surface area contributed by atoms with Gasteiger partial charge in [0, 0.05) is 10.5 Å². The molecule has 2 aliphatic carbocycles. The minimum atomic E-state index is -0.958. The van der Waals surface area contributed by atoms with Gasteiger partial charge in [-0.25, -0.2) is 4.79 Å². The summed E-state index contributed by atoms with van der Waals surface area (Å²) in [5, 5.41) is 8.54. The van der Waals surface area contributed by atoms with Crippen LogP contribution in [0, 0.1) is 17.8 Å². The molecule has 2 aromatic rings. The lowest BCUT2D eigenvalue weighted by atomic mass is 9.96. The summed E-state index contributed by atoms with van der Waals surface area (Å²) in [6, 6.07) is 15.2. The fourth-order valence-corrected chi connectivity index (χ4v) is 3.91. The SMILES string of the molecule is CC1CC2C=CC1C2.O=C(O)C=Cc1ccc(OCc2ccc(Br)cc2)cc1. The quantitative estimate of drug-likeness (QED) is 0.435. The highest BCUT2D eigenvalue weighted by molar-refractivity contribution is 9.10. The van der Waals surface area contributed by atoms with Gasteiger partial charge < -0.3 is 9.84 Å². The Morgan fingerprint density at radius 2 is 1.82 bits per heavy atom. The van der Waals surface area contributed by atoms with E-state index in [4.69, 9.17) is 9.84 Å². The van der Waals surface area contributed by atoms with E-state index < -0.39 is 5.97 Å². The molecule has 2 aliphatic rings. The van der Waals surface area contributed by atoms with Gasteiger partial charge >= 0.3 is 5.97 Å². The molecule has 3 atom stereocenters. The van der Waals surface area contributed by atoms with Gasteiger partial charge in [-0.2, -0.15) is 0 Å². The van der Waals surface area contributed by atoms with Crippen LogP contribution in [0.5, 0.6) is 5.75 Å². The van der Waals surface area contributed by atoms with Crippen LogP contribution in [-0.2, 0) is 11.4 Å². The fourth-order valence-electron chi connectivity index (χ4n) is 3.65. The first-order chi connectivity index (χ1) is 13.5. The van der Waals surface area contributed by atoms with Gasteiger partial charge in [-0.15, -0.1) is 0 Å². The molecule has 0 spiro atoms. The predicted octanol–water partition coefficient (Wildman–Crippen LogP) is 6.34. The van der Waals surface area contributed by atoms with E-state index in [9.17, 15) is 4.79 Å². The molecule has 3 nitrogen and oxygen atoms in total. The van der Waals surface area contributed by atoms with Gasteiger partial charge in [0.05, 0.1) is 0 Å². The summed E-state index contributed by atoms with van der Waals surface area (Å²) in [5.41, 5.74) is 1.91. The second kappa shape index (κ2) is 9.74. The molecule has 4 heteroatoms. The molecule has 0 amide bonds. The summed E-state index contributed by atoms with van der Waals surface area (Å²) in [6.45, 7) is 2.87. The second-order valence-corrected chi connectivity index (χ2v) is 8.33. The Kier molecular flexibility index (Phi) is 7.10. The lowest BCUT2D eigenvalue weighted by Crippen LogP contribution is -1.99. The number of carboxylic acids is 1. The zero-order chi connectivity index (χ0) is 19.9. The average Bonchev–Trinajstić information content (AvgIpc) is 3.30. The number of rotatable bonds is 5. The van der Waals surface area contributed by atoms with Crippen molar-refractivity contribution in [2.24, 2.45) is 17.8 Å². The summed E-state index contributed by atoms with van der Waals surface area (Å²) >= 11 is 3.39. The number of carboxylic acid groups (broad SMARTS) is 1. The number of ether oxygens (including phenoxy) is 1. The molecule has 28 heavy (non-hydrogen) atoms. The Morgan fingerprint density at radius 3 is 2.32 bits per heavy atom.